The van der Waals surface area contributed by atoms with Crippen LogP contribution in [0.25, 0.3) is 0 Å². The van der Waals surface area contributed by atoms with E-state index in [4.69, 9.17) is 16.3 Å². The molecule has 0 bridgehead atoms. The predicted octanol–water partition coefficient (Wildman–Crippen LogP) is 2.82. The van der Waals surface area contributed by atoms with Crippen LogP contribution in [0.1, 0.15) is 16.6 Å². The average molecular weight is 410 g/mol. The minimum absolute atomic E-state index is 0.323. The third-order valence-corrected chi connectivity index (χ3v) is 6.04. The summed E-state index contributed by atoms with van der Waals surface area (Å²) in [5, 5.41) is 6.46. The lowest BCUT2D eigenvalue weighted by Crippen LogP contribution is -2.46. The SMILES string of the molecule is CN=C(NCC(c1cccs1)N1CCOCC1)N(C)Cc1cc(Cl)cn1C. The van der Waals surface area contributed by atoms with Crippen molar-refractivity contribution in [2.45, 2.75) is 12.6 Å². The van der Waals surface area contributed by atoms with Gasteiger partial charge in [0.2, 0.25) is 0 Å². The fourth-order valence-corrected chi connectivity index (χ4v) is 4.53. The van der Waals surface area contributed by atoms with Gasteiger partial charge in [-0.25, -0.2) is 0 Å². The second kappa shape index (κ2) is 9.59. The number of hydrogen-bond donors (Lipinski definition) is 1. The summed E-state index contributed by atoms with van der Waals surface area (Å²) in [5.74, 6) is 0.877. The van der Waals surface area contributed by atoms with Crippen LogP contribution in [-0.4, -0.2) is 67.3 Å². The van der Waals surface area contributed by atoms with Gasteiger partial charge in [-0.2, -0.15) is 0 Å². The predicted molar refractivity (Wildman–Crippen MR) is 113 cm³/mol. The molecule has 6 nitrogen and oxygen atoms in total. The Balaban J connectivity index is 1.64. The van der Waals surface area contributed by atoms with E-state index < -0.39 is 0 Å². The van der Waals surface area contributed by atoms with Crippen molar-refractivity contribution in [3.8, 4) is 0 Å². The smallest absolute Gasteiger partial charge is 0.193 e. The summed E-state index contributed by atoms with van der Waals surface area (Å²) in [5.41, 5.74) is 1.15. The van der Waals surface area contributed by atoms with Gasteiger partial charge in [0.05, 0.1) is 30.8 Å². The molecular weight excluding hydrogens is 382 g/mol. The van der Waals surface area contributed by atoms with Crippen LogP contribution in [0.15, 0.2) is 34.8 Å². The van der Waals surface area contributed by atoms with Gasteiger partial charge >= 0.3 is 0 Å². The van der Waals surface area contributed by atoms with Gasteiger partial charge in [-0.3, -0.25) is 9.89 Å². The highest BCUT2D eigenvalue weighted by atomic mass is 35.5. The average Bonchev–Trinajstić information content (AvgIpc) is 3.29. The molecule has 1 saturated heterocycles. The fourth-order valence-electron chi connectivity index (χ4n) is 3.39. The topological polar surface area (TPSA) is 45.0 Å². The van der Waals surface area contributed by atoms with E-state index >= 15 is 0 Å². The maximum absolute atomic E-state index is 6.11. The van der Waals surface area contributed by atoms with E-state index in [0.29, 0.717) is 6.04 Å². The maximum atomic E-state index is 6.11. The zero-order valence-electron chi connectivity index (χ0n) is 16.2. The van der Waals surface area contributed by atoms with Crippen LogP contribution in [-0.2, 0) is 18.3 Å². The minimum Gasteiger partial charge on any atom is -0.379 e. The van der Waals surface area contributed by atoms with Crippen LogP contribution in [0.4, 0.5) is 0 Å². The molecule has 1 unspecified atom stereocenters. The molecule has 0 aliphatic carbocycles. The van der Waals surface area contributed by atoms with Crippen molar-refractivity contribution in [1.29, 1.82) is 0 Å². The first-order valence-electron chi connectivity index (χ1n) is 9.16. The molecule has 0 spiro atoms. The standard InChI is InChI=1S/C19H28ClN5OS/c1-21-19(24(3)14-16-11-15(20)13-23(16)2)22-12-17(18-5-4-10-27-18)25-6-8-26-9-7-25/h4-5,10-11,13,17H,6-9,12,14H2,1-3H3,(H,21,22). The zero-order chi connectivity index (χ0) is 19.2. The summed E-state index contributed by atoms with van der Waals surface area (Å²) in [6.45, 7) is 5.06. The molecule has 0 aromatic carbocycles. The molecule has 1 atom stereocenters. The highest BCUT2D eigenvalue weighted by molar-refractivity contribution is 7.10. The number of aromatic nitrogens is 1. The largest absolute Gasteiger partial charge is 0.379 e. The number of aliphatic imine (C=N–C) groups is 1. The van der Waals surface area contributed by atoms with Crippen molar-refractivity contribution >= 4 is 28.9 Å². The van der Waals surface area contributed by atoms with Crippen molar-refractivity contribution in [3.63, 3.8) is 0 Å². The lowest BCUT2D eigenvalue weighted by Gasteiger charge is -2.35. The Labute approximate surface area is 170 Å². The maximum Gasteiger partial charge on any atom is 0.193 e. The van der Waals surface area contributed by atoms with Gasteiger partial charge in [0, 0.05) is 57.5 Å². The molecule has 0 amide bonds. The quantitative estimate of drug-likeness (QED) is 0.588. The number of nitrogens with one attached hydrogen (secondary N) is 1. The highest BCUT2D eigenvalue weighted by Crippen LogP contribution is 2.25. The first-order valence-corrected chi connectivity index (χ1v) is 10.4. The summed E-state index contributed by atoms with van der Waals surface area (Å²) in [6, 6.07) is 6.65. The van der Waals surface area contributed by atoms with Gasteiger partial charge in [0.15, 0.2) is 5.96 Å². The number of aryl methyl sites for hydroxylation is 1. The third kappa shape index (κ3) is 5.25. The minimum atomic E-state index is 0.323. The molecule has 148 valence electrons. The molecule has 3 rings (SSSR count). The van der Waals surface area contributed by atoms with Gasteiger partial charge in [0.1, 0.15) is 0 Å². The monoisotopic (exact) mass is 409 g/mol. The number of halogens is 1. The van der Waals surface area contributed by atoms with Gasteiger partial charge < -0.3 is 19.5 Å². The van der Waals surface area contributed by atoms with E-state index in [9.17, 15) is 0 Å². The van der Waals surface area contributed by atoms with Crippen LogP contribution in [0, 0.1) is 0 Å². The van der Waals surface area contributed by atoms with Crippen molar-refractivity contribution in [3.05, 3.63) is 45.4 Å². The van der Waals surface area contributed by atoms with Crippen LogP contribution in [0.5, 0.6) is 0 Å². The summed E-state index contributed by atoms with van der Waals surface area (Å²) >= 11 is 7.91. The Morgan fingerprint density at radius 2 is 2.22 bits per heavy atom. The van der Waals surface area contributed by atoms with E-state index in [1.807, 2.05) is 38.0 Å². The fraction of sp³-hybridized carbons (Fsp3) is 0.526. The summed E-state index contributed by atoms with van der Waals surface area (Å²) < 4.78 is 7.58. The van der Waals surface area contributed by atoms with Gasteiger partial charge in [-0.05, 0) is 17.5 Å². The second-order valence-corrected chi connectivity index (χ2v) is 8.14. The first kappa shape index (κ1) is 20.2. The number of nitrogens with zero attached hydrogens (tertiary/aromatic N) is 4. The number of guanidine groups is 1. The van der Waals surface area contributed by atoms with Gasteiger partial charge in [0.25, 0.3) is 0 Å². The summed E-state index contributed by atoms with van der Waals surface area (Å²) in [4.78, 5) is 10.5. The molecule has 0 saturated carbocycles. The molecule has 1 aliphatic heterocycles. The lowest BCUT2D eigenvalue weighted by atomic mass is 10.2. The van der Waals surface area contributed by atoms with Gasteiger partial charge in [-0.1, -0.05) is 17.7 Å². The number of ether oxygens (including phenoxy) is 1. The number of hydrogen-bond acceptors (Lipinski definition) is 4. The molecule has 1 fully saturated rings. The Hall–Kier alpha value is -1.54. The van der Waals surface area contributed by atoms with E-state index in [1.165, 1.54) is 4.88 Å². The van der Waals surface area contributed by atoms with Gasteiger partial charge in [-0.15, -0.1) is 11.3 Å². The van der Waals surface area contributed by atoms with E-state index in [2.05, 4.69) is 37.6 Å². The summed E-state index contributed by atoms with van der Waals surface area (Å²) in [7, 11) is 5.88. The highest BCUT2D eigenvalue weighted by Gasteiger charge is 2.24. The van der Waals surface area contributed by atoms with E-state index in [-0.39, 0.29) is 0 Å². The molecule has 2 aromatic heterocycles. The molecule has 3 heterocycles. The molecular formula is C19H28ClN5OS. The molecule has 0 radical (unpaired) electrons. The zero-order valence-corrected chi connectivity index (χ0v) is 17.8. The Morgan fingerprint density at radius 1 is 1.44 bits per heavy atom. The molecule has 2 aromatic rings. The molecule has 1 aliphatic rings. The lowest BCUT2D eigenvalue weighted by molar-refractivity contribution is 0.0176. The Kier molecular flexibility index (Phi) is 7.18. The van der Waals surface area contributed by atoms with E-state index in [0.717, 1.165) is 56.1 Å². The number of thiophene rings is 1. The molecule has 27 heavy (non-hydrogen) atoms. The Bertz CT molecular complexity index is 739. The van der Waals surface area contributed by atoms with Crippen molar-refractivity contribution in [2.24, 2.45) is 12.0 Å². The normalized spacial score (nSPS) is 17.1. The van der Waals surface area contributed by atoms with E-state index in [1.54, 1.807) is 11.3 Å². The molecule has 1 N–H and O–H groups in total. The number of morpholine rings is 1. The Morgan fingerprint density at radius 3 is 2.81 bits per heavy atom. The van der Waals surface area contributed by atoms with Crippen LogP contribution in [0.2, 0.25) is 5.02 Å². The van der Waals surface area contributed by atoms with Crippen molar-refractivity contribution in [1.82, 2.24) is 19.7 Å². The summed E-state index contributed by atoms with van der Waals surface area (Å²) in [6.07, 6.45) is 1.92. The van der Waals surface area contributed by atoms with Crippen molar-refractivity contribution in [2.75, 3.05) is 46.9 Å². The molecule has 8 heteroatoms. The van der Waals surface area contributed by atoms with Crippen LogP contribution in [0.3, 0.4) is 0 Å². The van der Waals surface area contributed by atoms with Crippen LogP contribution < -0.4 is 5.32 Å². The third-order valence-electron chi connectivity index (χ3n) is 4.86. The number of rotatable bonds is 6. The first-order chi connectivity index (χ1) is 13.1. The van der Waals surface area contributed by atoms with Crippen LogP contribution >= 0.6 is 22.9 Å². The second-order valence-electron chi connectivity index (χ2n) is 6.72. The van der Waals surface area contributed by atoms with Crippen molar-refractivity contribution < 1.29 is 4.74 Å².